The van der Waals surface area contributed by atoms with Crippen LogP contribution >= 0.6 is 0 Å². The van der Waals surface area contributed by atoms with Gasteiger partial charge >= 0.3 is 0 Å². The van der Waals surface area contributed by atoms with Gasteiger partial charge in [0, 0.05) is 24.4 Å². The van der Waals surface area contributed by atoms with Crippen LogP contribution in [0.3, 0.4) is 0 Å². The van der Waals surface area contributed by atoms with E-state index in [9.17, 15) is 17.6 Å². The topological polar surface area (TPSA) is 84.5 Å². The third-order valence-corrected chi connectivity index (χ3v) is 5.83. The smallest absolute Gasteiger partial charge is 0.255 e. The molecule has 3 rings (SSSR count). The second-order valence-corrected chi connectivity index (χ2v) is 8.19. The number of aryl methyl sites for hydroxylation is 1. The van der Waals surface area contributed by atoms with Crippen LogP contribution in [0.4, 0.5) is 10.1 Å². The lowest BCUT2D eigenvalue weighted by molar-refractivity contribution is 0.102. The summed E-state index contributed by atoms with van der Waals surface area (Å²) in [7, 11) is -3.66. The number of hydrogen-bond donors (Lipinski definition) is 2. The maximum absolute atomic E-state index is 13.1. The van der Waals surface area contributed by atoms with Crippen molar-refractivity contribution in [3.8, 4) is 0 Å². The number of ether oxygens (including phenoxy) is 1. The van der Waals surface area contributed by atoms with Gasteiger partial charge in [-0.3, -0.25) is 4.79 Å². The molecule has 1 aliphatic rings. The molecule has 1 atom stereocenters. The predicted molar refractivity (Wildman–Crippen MR) is 99.7 cm³/mol. The summed E-state index contributed by atoms with van der Waals surface area (Å²) in [5.74, 6) is -0.781. The van der Waals surface area contributed by atoms with E-state index in [0.29, 0.717) is 23.4 Å². The highest BCUT2D eigenvalue weighted by atomic mass is 32.2. The maximum atomic E-state index is 13.1. The number of carbonyl (C=O) groups excluding carboxylic acids is 1. The van der Waals surface area contributed by atoms with E-state index in [4.69, 9.17) is 4.74 Å². The van der Waals surface area contributed by atoms with E-state index in [1.807, 2.05) is 0 Å². The first kappa shape index (κ1) is 19.5. The van der Waals surface area contributed by atoms with Crippen LogP contribution < -0.4 is 10.0 Å². The quantitative estimate of drug-likeness (QED) is 0.792. The van der Waals surface area contributed by atoms with Crippen LogP contribution in [0.2, 0.25) is 0 Å². The van der Waals surface area contributed by atoms with Crippen molar-refractivity contribution in [2.45, 2.75) is 30.8 Å². The van der Waals surface area contributed by atoms with Crippen molar-refractivity contribution < 1.29 is 22.3 Å². The van der Waals surface area contributed by atoms with Crippen molar-refractivity contribution in [3.05, 3.63) is 59.4 Å². The zero-order chi connectivity index (χ0) is 19.4. The SMILES string of the molecule is Cc1cc(F)ccc1NC(=O)c1ccc(S(=O)(=O)NC[C@H]2CCCO2)cc1. The Kier molecular flexibility index (Phi) is 5.88. The first-order valence-electron chi connectivity index (χ1n) is 8.64. The molecule has 0 saturated carbocycles. The van der Waals surface area contributed by atoms with Crippen LogP contribution in [0.15, 0.2) is 47.4 Å². The van der Waals surface area contributed by atoms with Crippen LogP contribution in [-0.4, -0.2) is 33.6 Å². The second-order valence-electron chi connectivity index (χ2n) is 6.42. The lowest BCUT2D eigenvalue weighted by atomic mass is 10.1. The van der Waals surface area contributed by atoms with Crippen molar-refractivity contribution in [2.24, 2.45) is 0 Å². The van der Waals surface area contributed by atoms with E-state index in [0.717, 1.165) is 12.8 Å². The normalized spacial score (nSPS) is 17.0. The minimum Gasteiger partial charge on any atom is -0.377 e. The predicted octanol–water partition coefficient (Wildman–Crippen LogP) is 2.84. The van der Waals surface area contributed by atoms with Gasteiger partial charge in [0.05, 0.1) is 11.0 Å². The average Bonchev–Trinajstić information content (AvgIpc) is 3.16. The molecule has 0 bridgehead atoms. The monoisotopic (exact) mass is 392 g/mol. The highest BCUT2D eigenvalue weighted by Crippen LogP contribution is 2.18. The van der Waals surface area contributed by atoms with Gasteiger partial charge < -0.3 is 10.1 Å². The van der Waals surface area contributed by atoms with Gasteiger partial charge in [0.1, 0.15) is 5.82 Å². The third kappa shape index (κ3) is 4.91. The molecule has 2 aromatic carbocycles. The number of halogens is 1. The maximum Gasteiger partial charge on any atom is 0.255 e. The van der Waals surface area contributed by atoms with Crippen molar-refractivity contribution in [3.63, 3.8) is 0 Å². The fourth-order valence-corrected chi connectivity index (χ4v) is 3.90. The molecule has 8 heteroatoms. The molecule has 1 amide bonds. The molecule has 1 saturated heterocycles. The summed E-state index contributed by atoms with van der Waals surface area (Å²) in [5.41, 5.74) is 1.40. The molecule has 0 spiro atoms. The molecule has 0 aromatic heterocycles. The summed E-state index contributed by atoms with van der Waals surface area (Å²) in [6.45, 7) is 2.58. The number of carbonyl (C=O) groups is 1. The number of amides is 1. The minimum atomic E-state index is -3.66. The Balaban J connectivity index is 1.65. The molecule has 0 aliphatic carbocycles. The standard InChI is InChI=1S/C19H21FN2O4S/c1-13-11-15(20)6-9-18(13)22-19(23)14-4-7-17(8-5-14)27(24,25)21-12-16-3-2-10-26-16/h4-9,11,16,21H,2-3,10,12H2,1H3,(H,22,23)/t16-/m1/s1. The number of benzene rings is 2. The van der Waals surface area contributed by atoms with Crippen molar-refractivity contribution in [2.75, 3.05) is 18.5 Å². The molecule has 6 nitrogen and oxygen atoms in total. The summed E-state index contributed by atoms with van der Waals surface area (Å²) in [4.78, 5) is 12.4. The summed E-state index contributed by atoms with van der Waals surface area (Å²) >= 11 is 0. The van der Waals surface area contributed by atoms with E-state index in [-0.39, 0.29) is 23.4 Å². The Hall–Kier alpha value is -2.29. The van der Waals surface area contributed by atoms with Gasteiger partial charge in [0.25, 0.3) is 5.91 Å². The van der Waals surface area contributed by atoms with E-state index >= 15 is 0 Å². The van der Waals surface area contributed by atoms with Gasteiger partial charge in [-0.05, 0) is 67.8 Å². The number of nitrogens with one attached hydrogen (secondary N) is 2. The fourth-order valence-electron chi connectivity index (χ4n) is 2.84. The molecular formula is C19H21FN2O4S. The van der Waals surface area contributed by atoms with Crippen LogP contribution in [0.1, 0.15) is 28.8 Å². The second kappa shape index (κ2) is 8.16. The Labute approximate surface area is 157 Å². The molecule has 1 aliphatic heterocycles. The summed E-state index contributed by atoms with van der Waals surface area (Å²) in [6, 6.07) is 9.71. The number of rotatable bonds is 6. The molecule has 1 fully saturated rings. The average molecular weight is 392 g/mol. The Morgan fingerprint density at radius 2 is 1.96 bits per heavy atom. The lowest BCUT2D eigenvalue weighted by Gasteiger charge is -2.12. The molecule has 1 heterocycles. The molecule has 144 valence electrons. The Bertz CT molecular complexity index is 923. The van der Waals surface area contributed by atoms with Gasteiger partial charge in [-0.15, -0.1) is 0 Å². The first-order chi connectivity index (χ1) is 12.8. The summed E-state index contributed by atoms with van der Waals surface area (Å²) < 4.78 is 45.7. The van der Waals surface area contributed by atoms with Crippen LogP contribution in [-0.2, 0) is 14.8 Å². The highest BCUT2D eigenvalue weighted by molar-refractivity contribution is 7.89. The first-order valence-corrected chi connectivity index (χ1v) is 10.1. The zero-order valence-electron chi connectivity index (χ0n) is 14.9. The van der Waals surface area contributed by atoms with Gasteiger partial charge in [-0.1, -0.05) is 0 Å². The van der Waals surface area contributed by atoms with Gasteiger partial charge in [0.2, 0.25) is 10.0 Å². The largest absolute Gasteiger partial charge is 0.377 e. The Morgan fingerprint density at radius 1 is 1.22 bits per heavy atom. The van der Waals surface area contributed by atoms with Crippen LogP contribution in [0, 0.1) is 12.7 Å². The minimum absolute atomic E-state index is 0.0787. The zero-order valence-corrected chi connectivity index (χ0v) is 15.7. The fraction of sp³-hybridized carbons (Fsp3) is 0.316. The summed E-state index contributed by atoms with van der Waals surface area (Å²) in [5, 5.41) is 2.69. The molecule has 0 unspecified atom stereocenters. The third-order valence-electron chi connectivity index (χ3n) is 4.39. The van der Waals surface area contributed by atoms with E-state index < -0.39 is 15.9 Å². The van der Waals surface area contributed by atoms with Gasteiger partial charge in [-0.25, -0.2) is 17.5 Å². The van der Waals surface area contributed by atoms with Crippen LogP contribution in [0.25, 0.3) is 0 Å². The molecule has 0 radical (unpaired) electrons. The highest BCUT2D eigenvalue weighted by Gasteiger charge is 2.20. The molecule has 27 heavy (non-hydrogen) atoms. The molecule has 2 aromatic rings. The van der Waals surface area contributed by atoms with Crippen molar-refractivity contribution in [1.29, 1.82) is 0 Å². The van der Waals surface area contributed by atoms with Crippen molar-refractivity contribution in [1.82, 2.24) is 4.72 Å². The van der Waals surface area contributed by atoms with Gasteiger partial charge in [-0.2, -0.15) is 0 Å². The van der Waals surface area contributed by atoms with Crippen molar-refractivity contribution >= 4 is 21.6 Å². The lowest BCUT2D eigenvalue weighted by Crippen LogP contribution is -2.31. The molecule has 2 N–H and O–H groups in total. The van der Waals surface area contributed by atoms with E-state index in [2.05, 4.69) is 10.0 Å². The van der Waals surface area contributed by atoms with E-state index in [1.54, 1.807) is 6.92 Å². The summed E-state index contributed by atoms with van der Waals surface area (Å²) in [6.07, 6.45) is 1.68. The van der Waals surface area contributed by atoms with Crippen LogP contribution in [0.5, 0.6) is 0 Å². The Morgan fingerprint density at radius 3 is 2.59 bits per heavy atom. The van der Waals surface area contributed by atoms with E-state index in [1.165, 1.54) is 42.5 Å². The number of sulfonamides is 1. The number of anilines is 1. The molecular weight excluding hydrogens is 371 g/mol. The number of hydrogen-bond acceptors (Lipinski definition) is 4. The van der Waals surface area contributed by atoms with Gasteiger partial charge in [0.15, 0.2) is 0 Å².